The summed E-state index contributed by atoms with van der Waals surface area (Å²) in [5, 5.41) is 2.25. The van der Waals surface area contributed by atoms with Gasteiger partial charge in [0.15, 0.2) is 6.29 Å². The van der Waals surface area contributed by atoms with Crippen LogP contribution >= 0.6 is 0 Å². The minimum atomic E-state index is -2.85. The third-order valence-electron chi connectivity index (χ3n) is 10.2. The average molecular weight is 699 g/mol. The Labute approximate surface area is 299 Å². The normalized spacial score (nSPS) is 22.8. The number of allylic oxidation sites excluding steroid dienone is 2. The van der Waals surface area contributed by atoms with Gasteiger partial charge in [0.2, 0.25) is 0 Å². The lowest BCUT2D eigenvalue weighted by molar-refractivity contribution is -0.197. The Morgan fingerprint density at radius 2 is 1.48 bits per heavy atom. The summed E-state index contributed by atoms with van der Waals surface area (Å²) >= 11 is 0. The number of benzene rings is 3. The van der Waals surface area contributed by atoms with Crippen molar-refractivity contribution < 1.29 is 33.0 Å². The Morgan fingerprint density at radius 1 is 0.840 bits per heavy atom. The predicted octanol–water partition coefficient (Wildman–Crippen LogP) is 7.63. The molecule has 3 aromatic carbocycles. The monoisotopic (exact) mass is 698 g/mol. The van der Waals surface area contributed by atoms with E-state index in [-0.39, 0.29) is 47.3 Å². The summed E-state index contributed by atoms with van der Waals surface area (Å²) < 4.78 is 31.6. The molecule has 8 heteroatoms. The summed E-state index contributed by atoms with van der Waals surface area (Å²) in [5.74, 6) is -0.641. The highest BCUT2D eigenvalue weighted by Gasteiger charge is 2.53. The van der Waals surface area contributed by atoms with Crippen LogP contribution in [0.15, 0.2) is 103 Å². The summed E-state index contributed by atoms with van der Waals surface area (Å²) in [4.78, 5) is 25.2. The molecule has 5 rings (SSSR count). The molecule has 1 saturated heterocycles. The Bertz CT molecular complexity index is 1460. The van der Waals surface area contributed by atoms with E-state index in [1.165, 1.54) is 17.5 Å². The van der Waals surface area contributed by atoms with Gasteiger partial charge in [-0.2, -0.15) is 0 Å². The number of esters is 2. The second-order valence-electron chi connectivity index (χ2n) is 14.5. The van der Waals surface area contributed by atoms with Crippen molar-refractivity contribution in [3.05, 3.63) is 109 Å². The summed E-state index contributed by atoms with van der Waals surface area (Å²) in [6.07, 6.45) is 9.45. The average Bonchev–Trinajstić information content (AvgIpc) is 3.45. The van der Waals surface area contributed by atoms with E-state index in [4.69, 9.17) is 23.4 Å². The van der Waals surface area contributed by atoms with Gasteiger partial charge in [0.1, 0.15) is 6.10 Å². The zero-order chi connectivity index (χ0) is 35.4. The number of carbonyl (C=O) groups excluding carboxylic acids is 2. The number of rotatable bonds is 15. The van der Waals surface area contributed by atoms with Crippen molar-refractivity contribution in [2.24, 2.45) is 11.8 Å². The number of carbonyl (C=O) groups is 2. The molecule has 0 N–H and O–H groups in total. The van der Waals surface area contributed by atoms with Gasteiger partial charge in [-0.1, -0.05) is 112 Å². The number of unbranched alkanes of at least 4 members (excludes halogenated alkanes) is 1. The minimum absolute atomic E-state index is 0.0497. The largest absolute Gasteiger partial charge is 0.469 e. The lowest BCUT2D eigenvalue weighted by atomic mass is 9.90. The molecule has 2 aliphatic rings. The van der Waals surface area contributed by atoms with E-state index >= 15 is 0 Å². The molecular weight excluding hydrogens is 645 g/mol. The maximum atomic E-state index is 13.5. The van der Waals surface area contributed by atoms with E-state index in [0.717, 1.165) is 25.7 Å². The molecule has 0 spiro atoms. The fourth-order valence-electron chi connectivity index (χ4n) is 7.59. The second-order valence-corrected chi connectivity index (χ2v) is 18.8. The smallest absolute Gasteiger partial charge is 0.338 e. The van der Waals surface area contributed by atoms with Crippen LogP contribution in [0.5, 0.6) is 0 Å². The van der Waals surface area contributed by atoms with Crippen LogP contribution in [-0.4, -0.2) is 59.1 Å². The molecule has 7 nitrogen and oxygen atoms in total. The van der Waals surface area contributed by atoms with Crippen LogP contribution in [-0.2, 0) is 28.2 Å². The number of methoxy groups -OCH3 is 1. The van der Waals surface area contributed by atoms with Crippen molar-refractivity contribution in [1.82, 2.24) is 0 Å². The van der Waals surface area contributed by atoms with Crippen LogP contribution < -0.4 is 10.4 Å². The van der Waals surface area contributed by atoms with E-state index in [1.54, 1.807) is 12.1 Å². The molecule has 0 radical (unpaired) electrons. The van der Waals surface area contributed by atoms with Crippen LogP contribution in [0, 0.1) is 11.8 Å². The lowest BCUT2D eigenvalue weighted by Crippen LogP contribution is -2.67. The van der Waals surface area contributed by atoms with Gasteiger partial charge in [0.25, 0.3) is 8.32 Å². The highest BCUT2D eigenvalue weighted by molar-refractivity contribution is 6.99. The van der Waals surface area contributed by atoms with Crippen LogP contribution in [0.2, 0.25) is 5.04 Å². The van der Waals surface area contributed by atoms with Gasteiger partial charge < -0.3 is 23.4 Å². The van der Waals surface area contributed by atoms with Gasteiger partial charge in [-0.3, -0.25) is 4.79 Å². The van der Waals surface area contributed by atoms with Crippen molar-refractivity contribution in [1.29, 1.82) is 0 Å². The third-order valence-corrected chi connectivity index (χ3v) is 15.2. The zero-order valence-corrected chi connectivity index (χ0v) is 31.1. The molecule has 268 valence electrons. The van der Waals surface area contributed by atoms with Crippen molar-refractivity contribution in [3.8, 4) is 0 Å². The number of ether oxygens (including phenoxy) is 4. The SMILES string of the molecule is COC(=O)CCC/C=C\C[C@H]1[C@H](CO[Si](c2ccccc2)(c2ccccc2)C(C)(C)C)[C@H](OC2CCCCO2)C[C@H]1OC(=O)c1ccccc1. The molecule has 0 bridgehead atoms. The fraction of sp³-hybridized carbons (Fsp3) is 0.476. The van der Waals surface area contributed by atoms with E-state index in [2.05, 4.69) is 93.6 Å². The molecular formula is C42H54O7Si. The molecule has 1 saturated carbocycles. The van der Waals surface area contributed by atoms with Crippen LogP contribution in [0.3, 0.4) is 0 Å². The van der Waals surface area contributed by atoms with Gasteiger partial charge >= 0.3 is 11.9 Å². The first-order valence-electron chi connectivity index (χ1n) is 18.2. The molecule has 1 aliphatic heterocycles. The number of hydrogen-bond acceptors (Lipinski definition) is 7. The molecule has 50 heavy (non-hydrogen) atoms. The highest BCUT2D eigenvalue weighted by atomic mass is 28.4. The lowest BCUT2D eigenvalue weighted by Gasteiger charge is -2.44. The summed E-state index contributed by atoms with van der Waals surface area (Å²) in [5.41, 5.74) is 0.532. The highest BCUT2D eigenvalue weighted by Crippen LogP contribution is 2.43. The van der Waals surface area contributed by atoms with Crippen LogP contribution in [0.1, 0.15) is 82.5 Å². The quantitative estimate of drug-likeness (QED) is 0.0699. The summed E-state index contributed by atoms with van der Waals surface area (Å²) in [7, 11) is -1.44. The summed E-state index contributed by atoms with van der Waals surface area (Å²) in [6, 6.07) is 30.5. The van der Waals surface area contributed by atoms with Gasteiger partial charge in [0.05, 0.1) is 18.8 Å². The molecule has 0 amide bonds. The summed E-state index contributed by atoms with van der Waals surface area (Å²) in [6.45, 7) is 8.00. The van der Waals surface area contributed by atoms with Crippen molar-refractivity contribution in [3.63, 3.8) is 0 Å². The predicted molar refractivity (Wildman–Crippen MR) is 199 cm³/mol. The molecule has 5 atom stereocenters. The number of hydrogen-bond donors (Lipinski definition) is 0. The first-order chi connectivity index (χ1) is 24.2. The van der Waals surface area contributed by atoms with Gasteiger partial charge in [-0.05, 0) is 66.1 Å². The third kappa shape index (κ3) is 9.40. The Morgan fingerprint density at radius 3 is 2.06 bits per heavy atom. The minimum Gasteiger partial charge on any atom is -0.469 e. The molecule has 3 aromatic rings. The van der Waals surface area contributed by atoms with Crippen molar-refractivity contribution in [2.75, 3.05) is 20.3 Å². The Balaban J connectivity index is 1.48. The Kier molecular flexibility index (Phi) is 13.6. The molecule has 1 heterocycles. The van der Waals surface area contributed by atoms with Crippen molar-refractivity contribution >= 4 is 30.6 Å². The van der Waals surface area contributed by atoms with E-state index in [9.17, 15) is 9.59 Å². The van der Waals surface area contributed by atoms with Crippen molar-refractivity contribution in [2.45, 2.75) is 95.7 Å². The van der Waals surface area contributed by atoms with Gasteiger partial charge in [-0.15, -0.1) is 0 Å². The second kappa shape index (κ2) is 18.1. The van der Waals surface area contributed by atoms with Crippen LogP contribution in [0.25, 0.3) is 0 Å². The van der Waals surface area contributed by atoms with E-state index in [1.807, 2.05) is 18.2 Å². The van der Waals surface area contributed by atoms with E-state index in [0.29, 0.717) is 44.5 Å². The van der Waals surface area contributed by atoms with Gasteiger partial charge in [0, 0.05) is 37.9 Å². The first kappa shape index (κ1) is 37.7. The topological polar surface area (TPSA) is 80.3 Å². The van der Waals surface area contributed by atoms with Gasteiger partial charge in [-0.25, -0.2) is 4.79 Å². The van der Waals surface area contributed by atoms with Crippen LogP contribution in [0.4, 0.5) is 0 Å². The molecule has 0 aromatic heterocycles. The molecule has 2 fully saturated rings. The maximum absolute atomic E-state index is 13.5. The fourth-order valence-corrected chi connectivity index (χ4v) is 12.2. The van der Waals surface area contributed by atoms with E-state index < -0.39 is 8.32 Å². The first-order valence-corrected chi connectivity index (χ1v) is 20.1. The standard InChI is InChI=1S/C42H54O7Si/c1-42(2,3)50(33-22-12-8-13-23-33,34-24-14-9-15-25-34)47-31-36-35(26-16-5-6-17-27-39(43)45-4)37(49-41(44)32-20-10-7-11-21-32)30-38(36)48-40-28-18-19-29-46-40/h5,7-16,20-25,35-38,40H,6,17-19,26-31H2,1-4H3/b16-5-/t35-,36-,37+,38+,40?/m0/s1. The molecule has 1 aliphatic carbocycles. The maximum Gasteiger partial charge on any atom is 0.338 e. The Hall–Kier alpha value is -3.56. The zero-order valence-electron chi connectivity index (χ0n) is 30.1. The molecule has 1 unspecified atom stereocenters.